The number of benzene rings is 3. The maximum atomic E-state index is 14.2. The fourth-order valence-electron chi connectivity index (χ4n) is 5.83. The minimum absolute atomic E-state index is 0.0278. The van der Waals surface area contributed by atoms with Crippen molar-refractivity contribution >= 4 is 0 Å². The summed E-state index contributed by atoms with van der Waals surface area (Å²) >= 11 is 0. The zero-order valence-corrected chi connectivity index (χ0v) is 25.1. The Morgan fingerprint density at radius 1 is 1.00 bits per heavy atom. The van der Waals surface area contributed by atoms with Gasteiger partial charge in [0.1, 0.15) is 17.2 Å². The number of ether oxygens (including phenoxy) is 1. The number of aromatic nitrogens is 4. The number of aromatic amines is 1. The molecular weight excluding hydrogens is 540 g/mol. The summed E-state index contributed by atoms with van der Waals surface area (Å²) in [6, 6.07) is 21.9. The number of rotatable bonds is 8. The number of nitrogens with zero attached hydrogens (tertiary/aromatic N) is 3. The molecule has 3 aromatic carbocycles. The van der Waals surface area contributed by atoms with Crippen LogP contribution in [0.1, 0.15) is 68.2 Å². The summed E-state index contributed by atoms with van der Waals surface area (Å²) in [5.74, 6) is 1.36. The number of nitrogens with one attached hydrogen (secondary N) is 1. The second kappa shape index (κ2) is 11.5. The number of hydrogen-bond acceptors (Lipinski definition) is 6. The molecule has 3 heterocycles. The number of H-pyrrole nitrogens is 1. The molecule has 0 fully saturated rings. The predicted octanol–water partition coefficient (Wildman–Crippen LogP) is 6.59. The first kappa shape index (κ1) is 28.4. The van der Waals surface area contributed by atoms with Gasteiger partial charge in [-0.1, -0.05) is 67.0 Å². The van der Waals surface area contributed by atoms with Crippen LogP contribution >= 0.6 is 0 Å². The Labute approximate surface area is 250 Å². The second-order valence-corrected chi connectivity index (χ2v) is 11.8. The molecule has 0 saturated heterocycles. The molecule has 1 aliphatic heterocycles. The zero-order valence-electron chi connectivity index (χ0n) is 25.1. The molecule has 0 amide bonds. The van der Waals surface area contributed by atoms with E-state index in [2.05, 4.69) is 37.0 Å². The van der Waals surface area contributed by atoms with Gasteiger partial charge in [0, 0.05) is 17.5 Å². The Bertz CT molecular complexity index is 1900. The molecule has 220 valence electrons. The maximum Gasteiger partial charge on any atom is 0.439 e. The van der Waals surface area contributed by atoms with E-state index >= 15 is 0 Å². The monoisotopic (exact) mass is 576 g/mol. The third-order valence-electron chi connectivity index (χ3n) is 8.15. The Hall–Kier alpha value is -4.72. The highest BCUT2D eigenvalue weighted by Crippen LogP contribution is 2.34. The molecule has 0 radical (unpaired) electrons. The second-order valence-electron chi connectivity index (χ2n) is 11.8. The van der Waals surface area contributed by atoms with Crippen LogP contribution in [0, 0.1) is 6.92 Å². The van der Waals surface area contributed by atoms with Crippen LogP contribution in [-0.2, 0) is 19.3 Å². The topological polar surface area (TPSA) is 103 Å². The van der Waals surface area contributed by atoms with Crippen molar-refractivity contribution in [2.45, 2.75) is 71.8 Å². The molecule has 5 aromatic rings. The van der Waals surface area contributed by atoms with E-state index in [1.54, 1.807) is 4.57 Å². The molecule has 8 heteroatoms. The van der Waals surface area contributed by atoms with E-state index in [1.165, 1.54) is 0 Å². The quantitative estimate of drug-likeness (QED) is 0.224. The fourth-order valence-corrected chi connectivity index (χ4v) is 5.83. The molecule has 8 nitrogen and oxygen atoms in total. The van der Waals surface area contributed by atoms with Gasteiger partial charge in [0.25, 0.3) is 5.56 Å². The van der Waals surface area contributed by atoms with Crippen LogP contribution in [-0.4, -0.2) is 25.3 Å². The minimum Gasteiger partial charge on any atom is -0.488 e. The fraction of sp³-hybridized carbons (Fsp3) is 0.314. The van der Waals surface area contributed by atoms with Gasteiger partial charge in [-0.2, -0.15) is 0 Å². The third kappa shape index (κ3) is 5.82. The van der Waals surface area contributed by atoms with Gasteiger partial charge < -0.3 is 4.74 Å². The number of unbranched alkanes of at least 4 members (excludes halogenated alkanes) is 1. The lowest BCUT2D eigenvalue weighted by Gasteiger charge is -2.32. The van der Waals surface area contributed by atoms with Crippen LogP contribution in [0.2, 0.25) is 0 Å². The average Bonchev–Trinajstić information content (AvgIpc) is 3.43. The summed E-state index contributed by atoms with van der Waals surface area (Å²) in [5, 5.41) is 3.87. The first-order valence-corrected chi connectivity index (χ1v) is 14.9. The minimum atomic E-state index is -0.593. The largest absolute Gasteiger partial charge is 0.488 e. The van der Waals surface area contributed by atoms with E-state index in [0.717, 1.165) is 82.6 Å². The van der Waals surface area contributed by atoms with Gasteiger partial charge in [0.05, 0.1) is 11.4 Å². The summed E-state index contributed by atoms with van der Waals surface area (Å²) in [6.07, 6.45) is 5.06. The molecule has 0 unspecified atom stereocenters. The normalized spacial score (nSPS) is 13.9. The Morgan fingerprint density at radius 3 is 2.49 bits per heavy atom. The van der Waals surface area contributed by atoms with Crippen molar-refractivity contribution < 1.29 is 9.26 Å². The van der Waals surface area contributed by atoms with Crippen molar-refractivity contribution in [3.8, 4) is 34.0 Å². The van der Waals surface area contributed by atoms with Gasteiger partial charge in [0.2, 0.25) is 0 Å². The van der Waals surface area contributed by atoms with Gasteiger partial charge in [-0.05, 0) is 86.9 Å². The summed E-state index contributed by atoms with van der Waals surface area (Å²) in [7, 11) is 0. The Morgan fingerprint density at radius 2 is 1.77 bits per heavy atom. The summed E-state index contributed by atoms with van der Waals surface area (Å²) in [6.45, 7) is 8.27. The van der Waals surface area contributed by atoms with Crippen LogP contribution in [0.25, 0.3) is 28.2 Å². The highest BCUT2D eigenvalue weighted by Gasteiger charge is 2.27. The molecule has 0 bridgehead atoms. The van der Waals surface area contributed by atoms with E-state index in [-0.39, 0.29) is 11.2 Å². The van der Waals surface area contributed by atoms with Crippen molar-refractivity contribution in [2.24, 2.45) is 0 Å². The summed E-state index contributed by atoms with van der Waals surface area (Å²) in [5.41, 5.74) is 6.98. The van der Waals surface area contributed by atoms with Gasteiger partial charge in [-0.15, -0.1) is 0 Å². The van der Waals surface area contributed by atoms with Crippen LogP contribution in [0.4, 0.5) is 0 Å². The first-order valence-electron chi connectivity index (χ1n) is 14.9. The van der Waals surface area contributed by atoms with Crippen LogP contribution in [0.5, 0.6) is 5.75 Å². The van der Waals surface area contributed by atoms with Crippen molar-refractivity contribution in [1.82, 2.24) is 19.7 Å². The lowest BCUT2D eigenvalue weighted by Crippen LogP contribution is -2.33. The molecule has 6 rings (SSSR count). The van der Waals surface area contributed by atoms with Crippen LogP contribution in [0.15, 0.2) is 80.8 Å². The summed E-state index contributed by atoms with van der Waals surface area (Å²) < 4.78 is 12.7. The smallest absolute Gasteiger partial charge is 0.439 e. The zero-order chi connectivity index (χ0) is 30.1. The number of hydrogen-bond donors (Lipinski definition) is 1. The number of aryl methyl sites for hydroxylation is 3. The van der Waals surface area contributed by atoms with E-state index in [9.17, 15) is 9.59 Å². The van der Waals surface area contributed by atoms with Gasteiger partial charge in [0.15, 0.2) is 5.82 Å². The van der Waals surface area contributed by atoms with Crippen molar-refractivity contribution in [2.75, 3.05) is 0 Å². The van der Waals surface area contributed by atoms with E-state index in [1.807, 2.05) is 67.6 Å². The highest BCUT2D eigenvalue weighted by atomic mass is 16.5. The molecule has 1 aliphatic rings. The van der Waals surface area contributed by atoms with Gasteiger partial charge >= 0.3 is 5.76 Å². The Balaban J connectivity index is 1.35. The first-order chi connectivity index (χ1) is 20.7. The van der Waals surface area contributed by atoms with Crippen LogP contribution < -0.4 is 16.1 Å². The highest BCUT2D eigenvalue weighted by molar-refractivity contribution is 5.80. The lowest BCUT2D eigenvalue weighted by atomic mass is 9.94. The molecule has 0 saturated carbocycles. The van der Waals surface area contributed by atoms with Gasteiger partial charge in [-0.25, -0.2) is 9.78 Å². The van der Waals surface area contributed by atoms with Crippen molar-refractivity contribution in [1.29, 1.82) is 0 Å². The van der Waals surface area contributed by atoms with Crippen molar-refractivity contribution in [3.05, 3.63) is 116 Å². The molecule has 2 aromatic heterocycles. The predicted molar refractivity (Wildman–Crippen MR) is 167 cm³/mol. The van der Waals surface area contributed by atoms with Crippen molar-refractivity contribution in [3.63, 3.8) is 0 Å². The summed E-state index contributed by atoms with van der Waals surface area (Å²) in [4.78, 5) is 33.4. The SMILES string of the molecule is CCCCc1nc(C)n(-c2ccc3c(c2)CCC(C)(C)O3)c(=O)c1Cc1ccc(-c2ccccc2-c2noc(=O)[nH]2)cc1. The molecule has 43 heavy (non-hydrogen) atoms. The molecule has 0 aliphatic carbocycles. The molecule has 1 N–H and O–H groups in total. The third-order valence-corrected chi connectivity index (χ3v) is 8.15. The van der Waals surface area contributed by atoms with E-state index < -0.39 is 5.76 Å². The van der Waals surface area contributed by atoms with E-state index in [4.69, 9.17) is 14.2 Å². The van der Waals surface area contributed by atoms with E-state index in [0.29, 0.717) is 18.1 Å². The molecular formula is C35H36N4O4. The average molecular weight is 577 g/mol. The standard InChI is InChI=1S/C35H36N4O4/c1-5-6-11-30-29(33(40)39(22(2)36-30)26-16-17-31-25(21-26)18-19-35(3,4)42-31)20-23-12-14-24(15-13-23)27-9-7-8-10-28(27)32-37-34(41)43-38-32/h7-10,12-17,21H,5-6,11,18-20H2,1-4H3,(H,37,38,41). The number of fused-ring (bicyclic) bond motifs is 1. The maximum absolute atomic E-state index is 14.2. The van der Waals surface area contributed by atoms with Gasteiger partial charge in [-0.3, -0.25) is 18.9 Å². The molecule has 0 spiro atoms. The lowest BCUT2D eigenvalue weighted by molar-refractivity contribution is 0.0847. The van der Waals surface area contributed by atoms with Crippen LogP contribution in [0.3, 0.4) is 0 Å². The Kier molecular flexibility index (Phi) is 7.61. The molecule has 0 atom stereocenters.